The third kappa shape index (κ3) is 4.49. The predicted octanol–water partition coefficient (Wildman–Crippen LogP) is 3.30. The number of carbonyl (C=O) groups excluding carboxylic acids is 3. The number of rotatable bonds is 6. The van der Waals surface area contributed by atoms with Crippen LogP contribution < -0.4 is 20.5 Å². The van der Waals surface area contributed by atoms with Crippen LogP contribution in [0.1, 0.15) is 5.56 Å². The van der Waals surface area contributed by atoms with Gasteiger partial charge in [0.2, 0.25) is 0 Å². The van der Waals surface area contributed by atoms with Crippen molar-refractivity contribution in [1.29, 1.82) is 0 Å². The van der Waals surface area contributed by atoms with Crippen LogP contribution >= 0.6 is 0 Å². The quantitative estimate of drug-likeness (QED) is 0.463. The van der Waals surface area contributed by atoms with Gasteiger partial charge < -0.3 is 10.1 Å². The molecule has 1 aliphatic rings. The molecular weight excluding hydrogens is 413 g/mol. The van der Waals surface area contributed by atoms with Crippen molar-refractivity contribution in [2.45, 2.75) is 0 Å². The summed E-state index contributed by atoms with van der Waals surface area (Å²) in [6.45, 7) is -0.384. The van der Waals surface area contributed by atoms with E-state index in [1.807, 2.05) is 0 Å². The van der Waals surface area contributed by atoms with Gasteiger partial charge in [0.25, 0.3) is 17.7 Å². The average molecular weight is 431 g/mol. The molecule has 3 aromatic rings. The Morgan fingerprint density at radius 2 is 1.66 bits per heavy atom. The van der Waals surface area contributed by atoms with E-state index in [4.69, 9.17) is 4.74 Å². The first-order chi connectivity index (χ1) is 15.5. The number of nitrogens with one attached hydrogen (secondary N) is 2. The molecule has 0 unspecified atom stereocenters. The fourth-order valence-corrected chi connectivity index (χ4v) is 3.10. The van der Waals surface area contributed by atoms with Crippen LogP contribution in [0.25, 0.3) is 6.08 Å². The highest BCUT2D eigenvalue weighted by Gasteiger charge is 2.34. The molecule has 1 saturated heterocycles. The molecule has 0 radical (unpaired) electrons. The van der Waals surface area contributed by atoms with Crippen LogP contribution in [0.5, 0.6) is 5.75 Å². The molecule has 0 atom stereocenters. The molecule has 0 aliphatic carbocycles. The Labute approximate surface area is 183 Å². The van der Waals surface area contributed by atoms with Crippen LogP contribution in [0.4, 0.5) is 15.8 Å². The fourth-order valence-electron chi connectivity index (χ4n) is 3.10. The number of hydrazine groups is 1. The van der Waals surface area contributed by atoms with Gasteiger partial charge in [-0.15, -0.1) is 0 Å². The number of benzene rings is 3. The van der Waals surface area contributed by atoms with Crippen LogP contribution in [0.3, 0.4) is 0 Å². The maximum Gasteiger partial charge on any atom is 0.282 e. The molecule has 160 valence electrons. The Morgan fingerprint density at radius 1 is 0.969 bits per heavy atom. The van der Waals surface area contributed by atoms with Crippen molar-refractivity contribution in [3.8, 4) is 5.75 Å². The van der Waals surface area contributed by atoms with Gasteiger partial charge in [0.05, 0.1) is 11.4 Å². The topological polar surface area (TPSA) is 87.7 Å². The summed E-state index contributed by atoms with van der Waals surface area (Å²) in [6.07, 6.45) is 1.41. The number of nitrogens with zero attached hydrogens (tertiary/aromatic N) is 1. The van der Waals surface area contributed by atoms with Crippen LogP contribution in [0.15, 0.2) is 84.4 Å². The largest absolute Gasteiger partial charge is 0.483 e. The minimum atomic E-state index is -0.556. The maximum absolute atomic E-state index is 13.7. The van der Waals surface area contributed by atoms with Crippen molar-refractivity contribution in [3.05, 3.63) is 95.8 Å². The second kappa shape index (κ2) is 9.13. The van der Waals surface area contributed by atoms with Gasteiger partial charge in [-0.05, 0) is 36.4 Å². The van der Waals surface area contributed by atoms with Gasteiger partial charge in [0.1, 0.15) is 17.1 Å². The van der Waals surface area contributed by atoms with E-state index in [9.17, 15) is 18.8 Å². The predicted molar refractivity (Wildman–Crippen MR) is 117 cm³/mol. The second-order valence-corrected chi connectivity index (χ2v) is 6.83. The Morgan fingerprint density at radius 3 is 2.44 bits per heavy atom. The van der Waals surface area contributed by atoms with E-state index in [1.54, 1.807) is 60.7 Å². The molecule has 0 saturated carbocycles. The molecule has 3 aromatic carbocycles. The molecule has 1 fully saturated rings. The summed E-state index contributed by atoms with van der Waals surface area (Å²) in [5.41, 5.74) is 3.48. The average Bonchev–Trinajstić information content (AvgIpc) is 3.09. The summed E-state index contributed by atoms with van der Waals surface area (Å²) in [5, 5.41) is 3.60. The zero-order valence-electron chi connectivity index (χ0n) is 16.7. The number of para-hydroxylation sites is 3. The molecule has 32 heavy (non-hydrogen) atoms. The minimum Gasteiger partial charge on any atom is -0.483 e. The molecule has 0 bridgehead atoms. The molecule has 1 aliphatic heterocycles. The summed E-state index contributed by atoms with van der Waals surface area (Å²) >= 11 is 0. The van der Waals surface area contributed by atoms with Crippen LogP contribution in [0.2, 0.25) is 0 Å². The Hall–Kier alpha value is -4.46. The van der Waals surface area contributed by atoms with E-state index in [1.165, 1.54) is 29.3 Å². The minimum absolute atomic E-state index is 0.0470. The van der Waals surface area contributed by atoms with Crippen LogP contribution in [0, 0.1) is 5.82 Å². The van der Waals surface area contributed by atoms with Gasteiger partial charge in [-0.3, -0.25) is 19.8 Å². The van der Waals surface area contributed by atoms with Gasteiger partial charge in [-0.25, -0.2) is 9.40 Å². The third-order valence-corrected chi connectivity index (χ3v) is 4.63. The Bertz CT molecular complexity index is 1210. The number of hydrogen-bond acceptors (Lipinski definition) is 4. The van der Waals surface area contributed by atoms with E-state index in [0.29, 0.717) is 17.0 Å². The highest BCUT2D eigenvalue weighted by atomic mass is 19.1. The third-order valence-electron chi connectivity index (χ3n) is 4.63. The highest BCUT2D eigenvalue weighted by Crippen LogP contribution is 2.25. The van der Waals surface area contributed by atoms with Crippen molar-refractivity contribution < 1.29 is 23.5 Å². The number of ether oxygens (including phenoxy) is 1. The molecule has 0 spiro atoms. The lowest BCUT2D eigenvalue weighted by Crippen LogP contribution is -2.35. The van der Waals surface area contributed by atoms with Gasteiger partial charge in [-0.2, -0.15) is 0 Å². The lowest BCUT2D eigenvalue weighted by molar-refractivity contribution is -0.118. The van der Waals surface area contributed by atoms with Gasteiger partial charge in [0, 0.05) is 5.56 Å². The number of carbonyl (C=O) groups is 3. The zero-order chi connectivity index (χ0) is 22.5. The second-order valence-electron chi connectivity index (χ2n) is 6.83. The van der Waals surface area contributed by atoms with Gasteiger partial charge in [-0.1, -0.05) is 48.5 Å². The summed E-state index contributed by atoms with van der Waals surface area (Å²) in [4.78, 5) is 37.3. The molecular formula is C24H18FN3O4. The first-order valence-corrected chi connectivity index (χ1v) is 9.71. The summed E-state index contributed by atoms with van der Waals surface area (Å²) in [5.74, 6) is -1.87. The Balaban J connectivity index is 1.49. The van der Waals surface area contributed by atoms with Crippen molar-refractivity contribution in [1.82, 2.24) is 5.43 Å². The molecule has 3 amide bonds. The number of halogens is 1. The molecule has 1 heterocycles. The number of hydrogen-bond donors (Lipinski definition) is 2. The zero-order valence-corrected chi connectivity index (χ0v) is 16.7. The number of anilines is 2. The van der Waals surface area contributed by atoms with E-state index in [0.717, 1.165) is 0 Å². The summed E-state index contributed by atoms with van der Waals surface area (Å²) in [7, 11) is 0. The van der Waals surface area contributed by atoms with Gasteiger partial charge in [0.15, 0.2) is 6.61 Å². The van der Waals surface area contributed by atoms with Crippen molar-refractivity contribution in [2.24, 2.45) is 0 Å². The summed E-state index contributed by atoms with van der Waals surface area (Å²) < 4.78 is 19.3. The Kier molecular flexibility index (Phi) is 5.94. The normalized spacial score (nSPS) is 14.4. The molecule has 7 nitrogen and oxygen atoms in total. The highest BCUT2D eigenvalue weighted by molar-refractivity contribution is 6.31. The SMILES string of the molecule is O=C(COc1ccccc1C=C1C(=O)NN(c2ccccc2)C1=O)Nc1ccccc1F. The van der Waals surface area contributed by atoms with Crippen molar-refractivity contribution in [2.75, 3.05) is 16.9 Å². The van der Waals surface area contributed by atoms with E-state index in [2.05, 4.69) is 10.7 Å². The van der Waals surface area contributed by atoms with Crippen LogP contribution in [-0.2, 0) is 14.4 Å². The smallest absolute Gasteiger partial charge is 0.282 e. The lowest BCUT2D eigenvalue weighted by atomic mass is 10.1. The van der Waals surface area contributed by atoms with Crippen molar-refractivity contribution in [3.63, 3.8) is 0 Å². The fraction of sp³-hybridized carbons (Fsp3) is 0.0417. The summed E-state index contributed by atoms with van der Waals surface area (Å²) in [6, 6.07) is 21.2. The van der Waals surface area contributed by atoms with E-state index in [-0.39, 0.29) is 17.9 Å². The monoisotopic (exact) mass is 431 g/mol. The molecule has 0 aromatic heterocycles. The molecule has 4 rings (SSSR count). The first kappa shape index (κ1) is 20.8. The molecule has 2 N–H and O–H groups in total. The van der Waals surface area contributed by atoms with E-state index < -0.39 is 23.5 Å². The van der Waals surface area contributed by atoms with Gasteiger partial charge >= 0.3 is 0 Å². The van der Waals surface area contributed by atoms with Crippen molar-refractivity contribution >= 4 is 35.2 Å². The van der Waals surface area contributed by atoms with E-state index >= 15 is 0 Å². The number of amides is 3. The van der Waals surface area contributed by atoms with Crippen LogP contribution in [-0.4, -0.2) is 24.3 Å². The standard InChI is InChI=1S/C24H18FN3O4/c25-19-11-5-6-12-20(19)26-22(29)15-32-21-13-7-4-8-16(21)14-18-23(30)27-28(24(18)31)17-9-2-1-3-10-17/h1-14H,15H2,(H,26,29)(H,27,30). The first-order valence-electron chi connectivity index (χ1n) is 9.71. The lowest BCUT2D eigenvalue weighted by Gasteiger charge is -2.14. The maximum atomic E-state index is 13.7. The molecule has 8 heteroatoms.